The quantitative estimate of drug-likeness (QED) is 0.801. The molecule has 0 bridgehead atoms. The number of thioether (sulfide) groups is 1. The summed E-state index contributed by atoms with van der Waals surface area (Å²) in [5.74, 6) is -0.0652. The molecule has 5 nitrogen and oxygen atoms in total. The van der Waals surface area contributed by atoms with E-state index in [9.17, 15) is 9.59 Å². The number of ether oxygens (including phenoxy) is 1. The van der Waals surface area contributed by atoms with Crippen LogP contribution in [0.5, 0.6) is 0 Å². The van der Waals surface area contributed by atoms with Crippen molar-refractivity contribution < 1.29 is 14.3 Å². The van der Waals surface area contributed by atoms with E-state index in [-0.39, 0.29) is 17.1 Å². The second-order valence-electron chi connectivity index (χ2n) is 3.29. The second kappa shape index (κ2) is 7.29. The predicted octanol–water partition coefficient (Wildman–Crippen LogP) is 1.77. The zero-order valence-electron chi connectivity index (χ0n) is 9.63. The van der Waals surface area contributed by atoms with Crippen molar-refractivity contribution in [2.45, 2.75) is 18.6 Å². The van der Waals surface area contributed by atoms with Gasteiger partial charge in [0.1, 0.15) is 0 Å². The summed E-state index contributed by atoms with van der Waals surface area (Å²) in [7, 11) is 1.36. The number of hydrogen-bond donors (Lipinski definition) is 1. The number of hydrogen-bond acceptors (Lipinski definition) is 6. The third-order valence-electron chi connectivity index (χ3n) is 1.86. The number of esters is 1. The molecular weight excluding hydrogens is 260 g/mol. The van der Waals surface area contributed by atoms with Crippen LogP contribution in [0.3, 0.4) is 0 Å². The molecular formula is C10H14N2O3S2. The lowest BCUT2D eigenvalue weighted by atomic mass is 10.3. The molecule has 0 spiro atoms. The standard InChI is InChI=1S/C10H14N2O3S2/c1-7(5-9(14)15-2)17-6-8(13)12-10-11-3-4-16-10/h3-4,7H,5-6H2,1-2H3,(H,11,12,13). The molecule has 0 radical (unpaired) electrons. The monoisotopic (exact) mass is 274 g/mol. The van der Waals surface area contributed by atoms with E-state index >= 15 is 0 Å². The van der Waals surface area contributed by atoms with Crippen LogP contribution in [-0.2, 0) is 14.3 Å². The maximum Gasteiger partial charge on any atom is 0.306 e. The Kier molecular flexibility index (Phi) is 5.99. The summed E-state index contributed by atoms with van der Waals surface area (Å²) in [4.78, 5) is 26.4. The Morgan fingerprint density at radius 2 is 2.41 bits per heavy atom. The van der Waals surface area contributed by atoms with Crippen LogP contribution in [0.15, 0.2) is 11.6 Å². The van der Waals surface area contributed by atoms with E-state index < -0.39 is 0 Å². The van der Waals surface area contributed by atoms with Gasteiger partial charge in [-0.25, -0.2) is 4.98 Å². The molecule has 0 saturated heterocycles. The van der Waals surface area contributed by atoms with Crippen LogP contribution in [-0.4, -0.2) is 35.0 Å². The van der Waals surface area contributed by atoms with E-state index in [1.165, 1.54) is 30.2 Å². The van der Waals surface area contributed by atoms with Crippen molar-refractivity contribution in [1.82, 2.24) is 4.98 Å². The van der Waals surface area contributed by atoms with Crippen molar-refractivity contribution in [3.05, 3.63) is 11.6 Å². The van der Waals surface area contributed by atoms with Gasteiger partial charge in [0.05, 0.1) is 19.3 Å². The van der Waals surface area contributed by atoms with Crippen LogP contribution in [0.25, 0.3) is 0 Å². The van der Waals surface area contributed by atoms with Crippen molar-refractivity contribution in [1.29, 1.82) is 0 Å². The Morgan fingerprint density at radius 1 is 1.65 bits per heavy atom. The normalized spacial score (nSPS) is 11.9. The van der Waals surface area contributed by atoms with Gasteiger partial charge < -0.3 is 10.1 Å². The van der Waals surface area contributed by atoms with E-state index in [2.05, 4.69) is 15.0 Å². The topological polar surface area (TPSA) is 68.3 Å². The van der Waals surface area contributed by atoms with Gasteiger partial charge in [-0.2, -0.15) is 0 Å². The molecule has 17 heavy (non-hydrogen) atoms. The Hall–Kier alpha value is -1.08. The van der Waals surface area contributed by atoms with Gasteiger partial charge in [0.25, 0.3) is 0 Å². The minimum absolute atomic E-state index is 0.0597. The van der Waals surface area contributed by atoms with Gasteiger partial charge in [-0.05, 0) is 0 Å². The molecule has 0 saturated carbocycles. The van der Waals surface area contributed by atoms with Gasteiger partial charge in [0.2, 0.25) is 5.91 Å². The second-order valence-corrected chi connectivity index (χ2v) is 5.61. The molecule has 0 aliphatic heterocycles. The minimum Gasteiger partial charge on any atom is -0.469 e. The summed E-state index contributed by atoms with van der Waals surface area (Å²) in [6.45, 7) is 1.89. The fourth-order valence-corrected chi connectivity index (χ4v) is 2.34. The maximum atomic E-state index is 11.5. The lowest BCUT2D eigenvalue weighted by Gasteiger charge is -2.08. The van der Waals surface area contributed by atoms with Crippen molar-refractivity contribution >= 4 is 40.1 Å². The molecule has 1 amide bonds. The number of anilines is 1. The first kappa shape index (κ1) is 14.0. The first-order valence-electron chi connectivity index (χ1n) is 4.99. The molecule has 1 rings (SSSR count). The van der Waals surface area contributed by atoms with Crippen molar-refractivity contribution in [2.75, 3.05) is 18.2 Å². The zero-order valence-corrected chi connectivity index (χ0v) is 11.3. The third-order valence-corrected chi connectivity index (χ3v) is 3.71. The summed E-state index contributed by atoms with van der Waals surface area (Å²) >= 11 is 2.79. The first-order chi connectivity index (χ1) is 8.11. The molecule has 0 aliphatic carbocycles. The van der Waals surface area contributed by atoms with Crippen molar-refractivity contribution in [3.8, 4) is 0 Å². The summed E-state index contributed by atoms with van der Waals surface area (Å²) in [6, 6.07) is 0. The summed E-state index contributed by atoms with van der Waals surface area (Å²) in [5.41, 5.74) is 0. The third kappa shape index (κ3) is 5.69. The lowest BCUT2D eigenvalue weighted by Crippen LogP contribution is -2.17. The number of carbonyl (C=O) groups is 2. The highest BCUT2D eigenvalue weighted by molar-refractivity contribution is 8.00. The molecule has 94 valence electrons. The number of nitrogens with one attached hydrogen (secondary N) is 1. The van der Waals surface area contributed by atoms with E-state index in [0.29, 0.717) is 17.3 Å². The number of rotatable bonds is 6. The Labute approximate surface area is 108 Å². The van der Waals surface area contributed by atoms with E-state index in [0.717, 1.165) is 0 Å². The Morgan fingerprint density at radius 3 is 3.00 bits per heavy atom. The molecule has 0 fully saturated rings. The van der Waals surface area contributed by atoms with Crippen LogP contribution in [0.2, 0.25) is 0 Å². The number of nitrogens with zero attached hydrogens (tertiary/aromatic N) is 1. The van der Waals surface area contributed by atoms with Crippen LogP contribution in [0, 0.1) is 0 Å². The highest BCUT2D eigenvalue weighted by Crippen LogP contribution is 2.16. The molecule has 1 unspecified atom stereocenters. The van der Waals surface area contributed by atoms with Gasteiger partial charge in [0, 0.05) is 16.8 Å². The summed E-state index contributed by atoms with van der Waals surface area (Å²) in [5, 5.41) is 5.12. The first-order valence-corrected chi connectivity index (χ1v) is 6.92. The fourth-order valence-electron chi connectivity index (χ4n) is 1.04. The van der Waals surface area contributed by atoms with Gasteiger partial charge in [0.15, 0.2) is 5.13 Å². The Bertz CT molecular complexity index is 368. The maximum absolute atomic E-state index is 11.5. The molecule has 0 aliphatic rings. The molecule has 1 atom stereocenters. The van der Waals surface area contributed by atoms with Crippen LogP contribution < -0.4 is 5.32 Å². The average Bonchev–Trinajstić information content (AvgIpc) is 2.79. The molecule has 0 aromatic carbocycles. The van der Waals surface area contributed by atoms with Gasteiger partial charge in [-0.1, -0.05) is 6.92 Å². The number of amides is 1. The highest BCUT2D eigenvalue weighted by atomic mass is 32.2. The molecule has 1 N–H and O–H groups in total. The van der Waals surface area contributed by atoms with Crippen LogP contribution >= 0.6 is 23.1 Å². The fraction of sp³-hybridized carbons (Fsp3) is 0.500. The minimum atomic E-state index is -0.259. The predicted molar refractivity (Wildman–Crippen MR) is 69.3 cm³/mol. The number of thiazole rings is 1. The lowest BCUT2D eigenvalue weighted by molar-refractivity contribution is -0.140. The van der Waals surface area contributed by atoms with Crippen LogP contribution in [0.1, 0.15) is 13.3 Å². The molecule has 7 heteroatoms. The smallest absolute Gasteiger partial charge is 0.306 e. The Balaban J connectivity index is 2.21. The number of methoxy groups -OCH3 is 1. The molecule has 1 heterocycles. The summed E-state index contributed by atoms with van der Waals surface area (Å²) in [6.07, 6.45) is 1.94. The largest absolute Gasteiger partial charge is 0.469 e. The SMILES string of the molecule is COC(=O)CC(C)SCC(=O)Nc1nccs1. The van der Waals surface area contributed by atoms with Crippen molar-refractivity contribution in [3.63, 3.8) is 0 Å². The average molecular weight is 274 g/mol. The zero-order chi connectivity index (χ0) is 12.7. The van der Waals surface area contributed by atoms with Gasteiger partial charge in [-0.3, -0.25) is 9.59 Å². The summed E-state index contributed by atoms with van der Waals surface area (Å²) < 4.78 is 4.55. The van der Waals surface area contributed by atoms with E-state index in [1.54, 1.807) is 11.6 Å². The van der Waals surface area contributed by atoms with Crippen LogP contribution in [0.4, 0.5) is 5.13 Å². The van der Waals surface area contributed by atoms with E-state index in [4.69, 9.17) is 0 Å². The molecule has 1 aromatic rings. The number of aromatic nitrogens is 1. The van der Waals surface area contributed by atoms with Crippen molar-refractivity contribution in [2.24, 2.45) is 0 Å². The highest BCUT2D eigenvalue weighted by Gasteiger charge is 2.12. The number of carbonyl (C=O) groups excluding carboxylic acids is 2. The molecule has 1 aromatic heterocycles. The van der Waals surface area contributed by atoms with Gasteiger partial charge in [-0.15, -0.1) is 23.1 Å². The van der Waals surface area contributed by atoms with Gasteiger partial charge >= 0.3 is 5.97 Å². The van der Waals surface area contributed by atoms with E-state index in [1.807, 2.05) is 6.92 Å².